The molecule has 0 saturated carbocycles. The van der Waals surface area contributed by atoms with Gasteiger partial charge in [-0.15, -0.1) is 0 Å². The van der Waals surface area contributed by atoms with Gasteiger partial charge in [0, 0.05) is 18.6 Å². The number of carbonyl (C=O) groups is 1. The third-order valence-corrected chi connectivity index (χ3v) is 4.00. The van der Waals surface area contributed by atoms with Crippen LogP contribution >= 0.6 is 11.6 Å². The summed E-state index contributed by atoms with van der Waals surface area (Å²) in [6.45, 7) is 6.83. The summed E-state index contributed by atoms with van der Waals surface area (Å²) in [5, 5.41) is 4.59. The SMILES string of the molecule is CCn1ncc(Cl)c1C(=O)N1C(C)CCCC1C. The molecule has 0 aliphatic carbocycles. The quantitative estimate of drug-likeness (QED) is 0.828. The molecule has 4 nitrogen and oxygen atoms in total. The van der Waals surface area contributed by atoms with E-state index in [4.69, 9.17) is 11.6 Å². The Morgan fingerprint density at radius 2 is 2.06 bits per heavy atom. The van der Waals surface area contributed by atoms with Crippen LogP contribution in [0.1, 0.15) is 50.5 Å². The zero-order valence-corrected chi connectivity index (χ0v) is 11.9. The predicted molar refractivity (Wildman–Crippen MR) is 71.9 cm³/mol. The summed E-state index contributed by atoms with van der Waals surface area (Å²) >= 11 is 6.10. The fraction of sp³-hybridized carbons (Fsp3) is 0.692. The molecule has 5 heteroatoms. The molecule has 2 atom stereocenters. The van der Waals surface area contributed by atoms with Gasteiger partial charge in [0.1, 0.15) is 5.69 Å². The van der Waals surface area contributed by atoms with Gasteiger partial charge < -0.3 is 4.90 Å². The van der Waals surface area contributed by atoms with E-state index in [9.17, 15) is 4.79 Å². The van der Waals surface area contributed by atoms with E-state index in [1.807, 2.05) is 11.8 Å². The van der Waals surface area contributed by atoms with E-state index in [1.165, 1.54) is 6.42 Å². The van der Waals surface area contributed by atoms with Crippen LogP contribution in [0.15, 0.2) is 6.20 Å². The summed E-state index contributed by atoms with van der Waals surface area (Å²) in [5.74, 6) is 0.0130. The van der Waals surface area contributed by atoms with Crippen molar-refractivity contribution in [3.8, 4) is 0 Å². The van der Waals surface area contributed by atoms with Gasteiger partial charge in [0.15, 0.2) is 0 Å². The van der Waals surface area contributed by atoms with Crippen molar-refractivity contribution in [2.24, 2.45) is 0 Å². The zero-order valence-electron chi connectivity index (χ0n) is 11.2. The summed E-state index contributed by atoms with van der Waals surface area (Å²) in [6.07, 6.45) is 4.87. The number of hydrogen-bond donors (Lipinski definition) is 0. The number of aromatic nitrogens is 2. The van der Waals surface area contributed by atoms with Crippen molar-refractivity contribution in [2.75, 3.05) is 0 Å². The van der Waals surface area contributed by atoms with Crippen molar-refractivity contribution in [3.63, 3.8) is 0 Å². The van der Waals surface area contributed by atoms with Crippen LogP contribution in [-0.2, 0) is 6.54 Å². The van der Waals surface area contributed by atoms with E-state index in [0.717, 1.165) is 12.8 Å². The molecule has 1 aliphatic rings. The van der Waals surface area contributed by atoms with E-state index in [0.29, 0.717) is 17.3 Å². The maximum absolute atomic E-state index is 12.7. The molecule has 1 aromatic heterocycles. The number of rotatable bonds is 2. The molecular formula is C13H20ClN3O. The first-order chi connectivity index (χ1) is 8.56. The van der Waals surface area contributed by atoms with Crippen molar-refractivity contribution < 1.29 is 4.79 Å². The van der Waals surface area contributed by atoms with Gasteiger partial charge in [0.25, 0.3) is 5.91 Å². The van der Waals surface area contributed by atoms with Crippen LogP contribution in [0.3, 0.4) is 0 Å². The van der Waals surface area contributed by atoms with Crippen LogP contribution in [0.4, 0.5) is 0 Å². The Morgan fingerprint density at radius 3 is 2.61 bits per heavy atom. The average Bonchev–Trinajstić information content (AvgIpc) is 2.70. The molecule has 2 heterocycles. The van der Waals surface area contributed by atoms with E-state index in [2.05, 4.69) is 18.9 Å². The molecule has 0 spiro atoms. The predicted octanol–water partition coefficient (Wildman–Crippen LogP) is 2.96. The van der Waals surface area contributed by atoms with Crippen molar-refractivity contribution in [1.29, 1.82) is 0 Å². The second-order valence-electron chi connectivity index (χ2n) is 5.00. The summed E-state index contributed by atoms with van der Waals surface area (Å²) in [7, 11) is 0. The maximum Gasteiger partial charge on any atom is 0.274 e. The van der Waals surface area contributed by atoms with Crippen LogP contribution in [0.5, 0.6) is 0 Å². The summed E-state index contributed by atoms with van der Waals surface area (Å²) in [6, 6.07) is 0.551. The van der Waals surface area contributed by atoms with E-state index in [-0.39, 0.29) is 18.0 Å². The number of nitrogens with zero attached hydrogens (tertiary/aromatic N) is 3. The molecule has 2 unspecified atom stereocenters. The fourth-order valence-corrected chi connectivity index (χ4v) is 2.98. The first-order valence-electron chi connectivity index (χ1n) is 6.60. The van der Waals surface area contributed by atoms with Crippen molar-refractivity contribution in [3.05, 3.63) is 16.9 Å². The number of carbonyl (C=O) groups excluding carboxylic acids is 1. The summed E-state index contributed by atoms with van der Waals surface area (Å²) in [4.78, 5) is 14.6. The highest BCUT2D eigenvalue weighted by molar-refractivity contribution is 6.33. The number of piperidine rings is 1. The van der Waals surface area contributed by atoms with Crippen LogP contribution in [0.2, 0.25) is 5.02 Å². The highest BCUT2D eigenvalue weighted by Gasteiger charge is 2.32. The standard InChI is InChI=1S/C13H20ClN3O/c1-4-16-12(11(14)8-15-16)13(18)17-9(2)6-5-7-10(17)3/h8-10H,4-7H2,1-3H3. The number of amides is 1. The molecule has 18 heavy (non-hydrogen) atoms. The highest BCUT2D eigenvalue weighted by atomic mass is 35.5. The lowest BCUT2D eigenvalue weighted by Crippen LogP contribution is -2.48. The number of likely N-dealkylation sites (tertiary alicyclic amines) is 1. The minimum absolute atomic E-state index is 0.0130. The van der Waals surface area contributed by atoms with Gasteiger partial charge in [-0.05, 0) is 40.0 Å². The molecule has 1 fully saturated rings. The monoisotopic (exact) mass is 269 g/mol. The van der Waals surface area contributed by atoms with E-state index >= 15 is 0 Å². The van der Waals surface area contributed by atoms with Gasteiger partial charge in [-0.3, -0.25) is 9.48 Å². The third-order valence-electron chi connectivity index (χ3n) is 3.72. The lowest BCUT2D eigenvalue weighted by Gasteiger charge is -2.39. The Morgan fingerprint density at radius 1 is 1.44 bits per heavy atom. The van der Waals surface area contributed by atoms with Gasteiger partial charge in [0.2, 0.25) is 0 Å². The Bertz CT molecular complexity index is 433. The lowest BCUT2D eigenvalue weighted by atomic mass is 9.97. The van der Waals surface area contributed by atoms with Crippen LogP contribution in [0, 0.1) is 0 Å². The van der Waals surface area contributed by atoms with Gasteiger partial charge in [-0.1, -0.05) is 11.6 Å². The molecule has 1 saturated heterocycles. The second kappa shape index (κ2) is 5.31. The van der Waals surface area contributed by atoms with Gasteiger partial charge in [-0.25, -0.2) is 0 Å². The molecule has 0 bridgehead atoms. The number of halogens is 1. The Hall–Kier alpha value is -1.03. The normalized spacial score (nSPS) is 24.3. The largest absolute Gasteiger partial charge is 0.332 e. The first-order valence-corrected chi connectivity index (χ1v) is 6.98. The van der Waals surface area contributed by atoms with Gasteiger partial charge in [-0.2, -0.15) is 5.10 Å². The summed E-state index contributed by atoms with van der Waals surface area (Å²) < 4.78 is 1.68. The molecule has 100 valence electrons. The zero-order chi connectivity index (χ0) is 13.3. The van der Waals surface area contributed by atoms with E-state index in [1.54, 1.807) is 10.9 Å². The Labute approximate surface area is 113 Å². The topological polar surface area (TPSA) is 38.1 Å². The molecule has 0 aromatic carbocycles. The molecular weight excluding hydrogens is 250 g/mol. The molecule has 1 amide bonds. The number of aryl methyl sites for hydroxylation is 1. The molecule has 1 aliphatic heterocycles. The Balaban J connectivity index is 2.32. The number of hydrogen-bond acceptors (Lipinski definition) is 2. The lowest BCUT2D eigenvalue weighted by molar-refractivity contribution is 0.0498. The van der Waals surface area contributed by atoms with Crippen molar-refractivity contribution >= 4 is 17.5 Å². The minimum atomic E-state index is 0.0130. The van der Waals surface area contributed by atoms with E-state index < -0.39 is 0 Å². The maximum atomic E-state index is 12.7. The van der Waals surface area contributed by atoms with Crippen molar-refractivity contribution in [2.45, 2.75) is 58.7 Å². The average molecular weight is 270 g/mol. The van der Waals surface area contributed by atoms with Crippen molar-refractivity contribution in [1.82, 2.24) is 14.7 Å². The molecule has 0 N–H and O–H groups in total. The van der Waals surface area contributed by atoms with Crippen LogP contribution in [-0.4, -0.2) is 32.7 Å². The van der Waals surface area contributed by atoms with Gasteiger partial charge >= 0.3 is 0 Å². The molecule has 2 rings (SSSR count). The smallest absolute Gasteiger partial charge is 0.274 e. The second-order valence-corrected chi connectivity index (χ2v) is 5.41. The van der Waals surface area contributed by atoms with Crippen LogP contribution < -0.4 is 0 Å². The molecule has 1 aromatic rings. The third kappa shape index (κ3) is 2.26. The molecule has 0 radical (unpaired) electrons. The van der Waals surface area contributed by atoms with Crippen LogP contribution in [0.25, 0.3) is 0 Å². The Kier molecular flexibility index (Phi) is 3.95. The fourth-order valence-electron chi connectivity index (χ4n) is 2.76. The summed E-state index contributed by atoms with van der Waals surface area (Å²) in [5.41, 5.74) is 0.528. The minimum Gasteiger partial charge on any atom is -0.332 e. The van der Waals surface area contributed by atoms with Gasteiger partial charge in [0.05, 0.1) is 11.2 Å². The first kappa shape index (κ1) is 13.4. The highest BCUT2D eigenvalue weighted by Crippen LogP contribution is 2.26.